The van der Waals surface area contributed by atoms with Crippen molar-refractivity contribution in [2.75, 3.05) is 23.7 Å². The molecule has 16 heavy (non-hydrogen) atoms. The van der Waals surface area contributed by atoms with Crippen LogP contribution in [-0.2, 0) is 9.53 Å². The molecule has 1 aromatic carbocycles. The van der Waals surface area contributed by atoms with E-state index in [1.165, 1.54) is 6.92 Å². The van der Waals surface area contributed by atoms with Crippen molar-refractivity contribution in [1.82, 2.24) is 0 Å². The maximum absolute atomic E-state index is 10.8. The van der Waals surface area contributed by atoms with Crippen LogP contribution in [0.5, 0.6) is 0 Å². The number of rotatable bonds is 2. The van der Waals surface area contributed by atoms with Crippen molar-refractivity contribution in [1.29, 1.82) is 0 Å². The molecule has 1 aliphatic rings. The quantitative estimate of drug-likeness (QED) is 0.605. The van der Waals surface area contributed by atoms with E-state index in [0.29, 0.717) is 0 Å². The van der Waals surface area contributed by atoms with Crippen LogP contribution >= 0.6 is 0 Å². The molecule has 0 spiro atoms. The van der Waals surface area contributed by atoms with Gasteiger partial charge in [-0.1, -0.05) is 12.1 Å². The van der Waals surface area contributed by atoms with Crippen LogP contribution in [-0.4, -0.2) is 25.2 Å². The lowest BCUT2D eigenvalue weighted by Gasteiger charge is -2.20. The van der Waals surface area contributed by atoms with E-state index in [1.54, 1.807) is 0 Å². The molecule has 1 aliphatic heterocycles. The third-order valence-corrected chi connectivity index (χ3v) is 2.76. The van der Waals surface area contributed by atoms with Gasteiger partial charge in [0, 0.05) is 19.9 Å². The molecule has 4 nitrogen and oxygen atoms in total. The number of carbonyl (C=O) groups is 1. The summed E-state index contributed by atoms with van der Waals surface area (Å²) in [6, 6.07) is 7.75. The highest BCUT2D eigenvalue weighted by Crippen LogP contribution is 2.27. The molecule has 0 bridgehead atoms. The number of anilines is 2. The minimum absolute atomic E-state index is 0.00268. The van der Waals surface area contributed by atoms with E-state index >= 15 is 0 Å². The Labute approximate surface area is 95.0 Å². The average Bonchev–Trinajstić information content (AvgIpc) is 2.66. The lowest BCUT2D eigenvalue weighted by atomic mass is 10.2. The number of nitrogens with zero attached hydrogens (tertiary/aromatic N) is 1. The number of ether oxygens (including phenoxy) is 1. The van der Waals surface area contributed by atoms with Gasteiger partial charge in [0.2, 0.25) is 0 Å². The molecule has 0 aliphatic carbocycles. The molecule has 1 atom stereocenters. The van der Waals surface area contributed by atoms with E-state index < -0.39 is 0 Å². The SMILES string of the molecule is CC(=O)OC1CCN(c2ccccc2N)C1. The molecule has 1 fully saturated rings. The number of para-hydroxylation sites is 2. The second-order valence-corrected chi connectivity index (χ2v) is 4.02. The molecule has 0 radical (unpaired) electrons. The second kappa shape index (κ2) is 4.43. The first kappa shape index (κ1) is 10.8. The standard InChI is InChI=1S/C12H16N2O2/c1-9(15)16-10-6-7-14(8-10)12-5-3-2-4-11(12)13/h2-5,10H,6-8,13H2,1H3. The average molecular weight is 220 g/mol. The summed E-state index contributed by atoms with van der Waals surface area (Å²) in [5.74, 6) is -0.215. The van der Waals surface area contributed by atoms with Gasteiger partial charge >= 0.3 is 5.97 Å². The smallest absolute Gasteiger partial charge is 0.302 e. The first-order chi connectivity index (χ1) is 7.66. The van der Waals surface area contributed by atoms with Gasteiger partial charge in [-0.3, -0.25) is 4.79 Å². The molecule has 1 aromatic rings. The maximum Gasteiger partial charge on any atom is 0.302 e. The molecule has 1 saturated heterocycles. The van der Waals surface area contributed by atoms with E-state index in [4.69, 9.17) is 10.5 Å². The Bertz CT molecular complexity index is 392. The molecule has 2 N–H and O–H groups in total. The zero-order valence-corrected chi connectivity index (χ0v) is 9.35. The zero-order valence-electron chi connectivity index (χ0n) is 9.35. The first-order valence-corrected chi connectivity index (χ1v) is 5.43. The molecule has 4 heteroatoms. The van der Waals surface area contributed by atoms with Crippen molar-refractivity contribution < 1.29 is 9.53 Å². The van der Waals surface area contributed by atoms with E-state index in [2.05, 4.69) is 4.90 Å². The lowest BCUT2D eigenvalue weighted by Crippen LogP contribution is -2.24. The molecular formula is C12H16N2O2. The Hall–Kier alpha value is -1.71. The summed E-state index contributed by atoms with van der Waals surface area (Å²) < 4.78 is 5.18. The van der Waals surface area contributed by atoms with Crippen molar-refractivity contribution in [3.63, 3.8) is 0 Å². The van der Waals surface area contributed by atoms with Crippen molar-refractivity contribution in [3.8, 4) is 0 Å². The minimum atomic E-state index is -0.215. The molecule has 86 valence electrons. The number of benzene rings is 1. The zero-order chi connectivity index (χ0) is 11.5. The Kier molecular flexibility index (Phi) is 2.99. The number of nitrogens with two attached hydrogens (primary N) is 1. The Morgan fingerprint density at radius 3 is 2.94 bits per heavy atom. The molecule has 2 rings (SSSR count). The van der Waals surface area contributed by atoms with Gasteiger partial charge in [-0.2, -0.15) is 0 Å². The first-order valence-electron chi connectivity index (χ1n) is 5.43. The van der Waals surface area contributed by atoms with Gasteiger partial charge in [0.25, 0.3) is 0 Å². The van der Waals surface area contributed by atoms with Crippen LogP contribution in [0.4, 0.5) is 11.4 Å². The van der Waals surface area contributed by atoms with E-state index in [9.17, 15) is 4.79 Å². The summed E-state index contributed by atoms with van der Waals surface area (Å²) in [5.41, 5.74) is 7.69. The number of esters is 1. The molecule has 1 heterocycles. The molecule has 0 saturated carbocycles. The van der Waals surface area contributed by atoms with E-state index in [0.717, 1.165) is 30.9 Å². The fourth-order valence-corrected chi connectivity index (χ4v) is 2.05. The van der Waals surface area contributed by atoms with Gasteiger partial charge < -0.3 is 15.4 Å². The van der Waals surface area contributed by atoms with Crippen LogP contribution in [0.15, 0.2) is 24.3 Å². The third kappa shape index (κ3) is 2.27. The fourth-order valence-electron chi connectivity index (χ4n) is 2.05. The van der Waals surface area contributed by atoms with Gasteiger partial charge in [-0.05, 0) is 12.1 Å². The Morgan fingerprint density at radius 2 is 2.25 bits per heavy atom. The summed E-state index contributed by atoms with van der Waals surface area (Å²) in [6.45, 7) is 3.06. The summed E-state index contributed by atoms with van der Waals surface area (Å²) >= 11 is 0. The van der Waals surface area contributed by atoms with Crippen molar-refractivity contribution in [3.05, 3.63) is 24.3 Å². The van der Waals surface area contributed by atoms with Crippen molar-refractivity contribution >= 4 is 17.3 Å². The number of hydrogen-bond donors (Lipinski definition) is 1. The fraction of sp³-hybridized carbons (Fsp3) is 0.417. The van der Waals surface area contributed by atoms with Crippen LogP contribution in [0.1, 0.15) is 13.3 Å². The number of nitrogen functional groups attached to an aromatic ring is 1. The summed E-state index contributed by atoms with van der Waals surface area (Å²) in [4.78, 5) is 13.0. The van der Waals surface area contributed by atoms with E-state index in [1.807, 2.05) is 24.3 Å². The summed E-state index contributed by atoms with van der Waals surface area (Å²) in [6.07, 6.45) is 0.866. The largest absolute Gasteiger partial charge is 0.461 e. The maximum atomic E-state index is 10.8. The van der Waals surface area contributed by atoms with Crippen LogP contribution in [0.3, 0.4) is 0 Å². The normalized spacial score (nSPS) is 19.8. The van der Waals surface area contributed by atoms with Gasteiger partial charge in [-0.25, -0.2) is 0 Å². The van der Waals surface area contributed by atoms with Gasteiger partial charge in [0.05, 0.1) is 17.9 Å². The highest BCUT2D eigenvalue weighted by Gasteiger charge is 2.25. The summed E-state index contributed by atoms with van der Waals surface area (Å²) in [7, 11) is 0. The Balaban J connectivity index is 2.04. The van der Waals surface area contributed by atoms with Gasteiger partial charge in [0.15, 0.2) is 0 Å². The highest BCUT2D eigenvalue weighted by molar-refractivity contribution is 5.68. The van der Waals surface area contributed by atoms with E-state index in [-0.39, 0.29) is 12.1 Å². The monoisotopic (exact) mass is 220 g/mol. The van der Waals surface area contributed by atoms with Gasteiger partial charge in [0.1, 0.15) is 6.10 Å². The van der Waals surface area contributed by atoms with Crippen LogP contribution in [0.2, 0.25) is 0 Å². The number of hydrogen-bond acceptors (Lipinski definition) is 4. The second-order valence-electron chi connectivity index (χ2n) is 4.02. The Morgan fingerprint density at radius 1 is 1.50 bits per heavy atom. The number of carbonyl (C=O) groups excluding carboxylic acids is 1. The molecule has 0 amide bonds. The van der Waals surface area contributed by atoms with Crippen molar-refractivity contribution in [2.45, 2.75) is 19.4 Å². The topological polar surface area (TPSA) is 55.6 Å². The van der Waals surface area contributed by atoms with Crippen LogP contribution in [0.25, 0.3) is 0 Å². The lowest BCUT2D eigenvalue weighted by molar-refractivity contribution is -0.145. The molecule has 0 aromatic heterocycles. The van der Waals surface area contributed by atoms with Crippen LogP contribution < -0.4 is 10.6 Å². The predicted molar refractivity (Wildman–Crippen MR) is 63.2 cm³/mol. The molecule has 1 unspecified atom stereocenters. The predicted octanol–water partition coefficient (Wildman–Crippen LogP) is 1.41. The van der Waals surface area contributed by atoms with Gasteiger partial charge in [-0.15, -0.1) is 0 Å². The summed E-state index contributed by atoms with van der Waals surface area (Å²) in [5, 5.41) is 0. The molecular weight excluding hydrogens is 204 g/mol. The highest BCUT2D eigenvalue weighted by atomic mass is 16.5. The van der Waals surface area contributed by atoms with Crippen LogP contribution in [0, 0.1) is 0 Å². The third-order valence-electron chi connectivity index (χ3n) is 2.76. The van der Waals surface area contributed by atoms with Crippen molar-refractivity contribution in [2.24, 2.45) is 0 Å². The minimum Gasteiger partial charge on any atom is -0.461 e.